The van der Waals surface area contributed by atoms with Crippen molar-refractivity contribution in [3.05, 3.63) is 0 Å². The molecule has 0 rings (SSSR count). The predicted octanol–water partition coefficient (Wildman–Crippen LogP) is 1.49. The molecule has 0 radical (unpaired) electrons. The number of likely N-dealkylation sites (N-methyl/N-ethyl adjacent to an activating group) is 1. The fraction of sp³-hybridized carbons (Fsp3) is 1.00. The minimum absolute atomic E-state index is 0.155. The first kappa shape index (κ1) is 10.9. The van der Waals surface area contributed by atoms with Gasteiger partial charge in [0.25, 0.3) is 0 Å². The van der Waals surface area contributed by atoms with Crippen molar-refractivity contribution in [2.24, 2.45) is 0 Å². The Morgan fingerprint density at radius 3 is 2.09 bits per heavy atom. The van der Waals surface area contributed by atoms with Gasteiger partial charge in [0.05, 0.1) is 6.10 Å². The SMILES string of the molecule is CC[C@@H](O)CN(CC)C(C)C. The van der Waals surface area contributed by atoms with Gasteiger partial charge in [-0.05, 0) is 26.8 Å². The van der Waals surface area contributed by atoms with Gasteiger partial charge in [-0.2, -0.15) is 0 Å². The molecule has 68 valence electrons. The molecular weight excluding hydrogens is 138 g/mol. The third-order valence-corrected chi connectivity index (χ3v) is 2.05. The number of nitrogens with zero attached hydrogens (tertiary/aromatic N) is 1. The first-order chi connectivity index (χ1) is 5.11. The third kappa shape index (κ3) is 4.38. The van der Waals surface area contributed by atoms with Gasteiger partial charge in [0, 0.05) is 12.6 Å². The maximum Gasteiger partial charge on any atom is 0.0664 e. The van der Waals surface area contributed by atoms with E-state index < -0.39 is 0 Å². The van der Waals surface area contributed by atoms with E-state index >= 15 is 0 Å². The smallest absolute Gasteiger partial charge is 0.0664 e. The van der Waals surface area contributed by atoms with Crippen molar-refractivity contribution in [2.75, 3.05) is 13.1 Å². The summed E-state index contributed by atoms with van der Waals surface area (Å²) in [5, 5.41) is 9.37. The highest BCUT2D eigenvalue weighted by Gasteiger charge is 2.10. The van der Waals surface area contributed by atoms with Gasteiger partial charge in [0.15, 0.2) is 0 Å². The Balaban J connectivity index is 3.68. The molecule has 2 nitrogen and oxygen atoms in total. The van der Waals surface area contributed by atoms with Gasteiger partial charge in [-0.3, -0.25) is 4.90 Å². The van der Waals surface area contributed by atoms with Gasteiger partial charge in [-0.1, -0.05) is 13.8 Å². The molecule has 0 aromatic heterocycles. The largest absolute Gasteiger partial charge is 0.392 e. The molecule has 0 aliphatic heterocycles. The highest BCUT2D eigenvalue weighted by molar-refractivity contribution is 4.65. The van der Waals surface area contributed by atoms with E-state index in [0.29, 0.717) is 6.04 Å². The number of hydrogen-bond acceptors (Lipinski definition) is 2. The minimum atomic E-state index is -0.155. The van der Waals surface area contributed by atoms with Crippen LogP contribution in [0.25, 0.3) is 0 Å². The van der Waals surface area contributed by atoms with Crippen LogP contribution < -0.4 is 0 Å². The van der Waals surface area contributed by atoms with E-state index in [2.05, 4.69) is 25.7 Å². The van der Waals surface area contributed by atoms with E-state index in [9.17, 15) is 5.11 Å². The second-order valence-corrected chi connectivity index (χ2v) is 3.24. The van der Waals surface area contributed by atoms with Crippen molar-refractivity contribution in [1.82, 2.24) is 4.90 Å². The van der Waals surface area contributed by atoms with Crippen molar-refractivity contribution in [3.63, 3.8) is 0 Å². The third-order valence-electron chi connectivity index (χ3n) is 2.05. The van der Waals surface area contributed by atoms with E-state index in [1.54, 1.807) is 0 Å². The molecule has 0 aliphatic rings. The van der Waals surface area contributed by atoms with Crippen molar-refractivity contribution < 1.29 is 5.11 Å². The molecule has 0 spiro atoms. The lowest BCUT2D eigenvalue weighted by molar-refractivity contribution is 0.0961. The first-order valence-electron chi connectivity index (χ1n) is 4.53. The number of aliphatic hydroxyl groups excluding tert-OH is 1. The molecule has 1 N–H and O–H groups in total. The van der Waals surface area contributed by atoms with E-state index in [4.69, 9.17) is 0 Å². The Bertz CT molecular complexity index is 93.6. The summed E-state index contributed by atoms with van der Waals surface area (Å²) in [5.41, 5.74) is 0. The Labute approximate surface area is 70.2 Å². The second kappa shape index (κ2) is 5.56. The molecular formula is C9H21NO. The highest BCUT2D eigenvalue weighted by Crippen LogP contribution is 2.01. The van der Waals surface area contributed by atoms with Crippen LogP contribution in [0.2, 0.25) is 0 Å². The topological polar surface area (TPSA) is 23.5 Å². The Morgan fingerprint density at radius 2 is 1.82 bits per heavy atom. The predicted molar refractivity (Wildman–Crippen MR) is 48.7 cm³/mol. The molecule has 0 amide bonds. The molecule has 0 fully saturated rings. The standard InChI is InChI=1S/C9H21NO/c1-5-9(11)7-10(6-2)8(3)4/h8-9,11H,5-7H2,1-4H3/t9-/m1/s1. The van der Waals surface area contributed by atoms with Crippen molar-refractivity contribution in [2.45, 2.75) is 46.3 Å². The normalized spacial score (nSPS) is 14.5. The molecule has 0 heterocycles. The van der Waals surface area contributed by atoms with Crippen LogP contribution in [0.3, 0.4) is 0 Å². The van der Waals surface area contributed by atoms with Gasteiger partial charge in [0.2, 0.25) is 0 Å². The Kier molecular flexibility index (Phi) is 5.51. The lowest BCUT2D eigenvalue weighted by Crippen LogP contribution is -2.37. The fourth-order valence-corrected chi connectivity index (χ4v) is 1.10. The zero-order valence-corrected chi connectivity index (χ0v) is 8.17. The average Bonchev–Trinajstić information content (AvgIpc) is 1.99. The summed E-state index contributed by atoms with van der Waals surface area (Å²) in [7, 11) is 0. The summed E-state index contributed by atoms with van der Waals surface area (Å²) in [6, 6.07) is 0.543. The molecule has 0 bridgehead atoms. The summed E-state index contributed by atoms with van der Waals surface area (Å²) in [6.07, 6.45) is 0.695. The second-order valence-electron chi connectivity index (χ2n) is 3.24. The number of hydrogen-bond donors (Lipinski definition) is 1. The van der Waals surface area contributed by atoms with E-state index in [-0.39, 0.29) is 6.10 Å². The minimum Gasteiger partial charge on any atom is -0.392 e. The lowest BCUT2D eigenvalue weighted by Gasteiger charge is -2.26. The van der Waals surface area contributed by atoms with Crippen LogP contribution in [0.1, 0.15) is 34.1 Å². The van der Waals surface area contributed by atoms with Gasteiger partial charge < -0.3 is 5.11 Å². The zero-order valence-electron chi connectivity index (χ0n) is 8.17. The van der Waals surface area contributed by atoms with E-state index in [1.165, 1.54) is 0 Å². The van der Waals surface area contributed by atoms with Crippen LogP contribution in [-0.4, -0.2) is 35.2 Å². The zero-order chi connectivity index (χ0) is 8.85. The summed E-state index contributed by atoms with van der Waals surface area (Å²) in [5.74, 6) is 0. The summed E-state index contributed by atoms with van der Waals surface area (Å²) in [4.78, 5) is 2.27. The van der Waals surface area contributed by atoms with Gasteiger partial charge >= 0.3 is 0 Å². The van der Waals surface area contributed by atoms with Crippen molar-refractivity contribution in [1.29, 1.82) is 0 Å². The molecule has 1 atom stereocenters. The van der Waals surface area contributed by atoms with Crippen molar-refractivity contribution in [3.8, 4) is 0 Å². The molecule has 0 unspecified atom stereocenters. The number of aliphatic hydroxyl groups is 1. The Hall–Kier alpha value is -0.0800. The van der Waals surface area contributed by atoms with Crippen LogP contribution >= 0.6 is 0 Å². The molecule has 2 heteroatoms. The van der Waals surface area contributed by atoms with Gasteiger partial charge in [-0.15, -0.1) is 0 Å². The molecule has 0 saturated carbocycles. The molecule has 0 aliphatic carbocycles. The van der Waals surface area contributed by atoms with Gasteiger partial charge in [-0.25, -0.2) is 0 Å². The van der Waals surface area contributed by atoms with Crippen LogP contribution in [0.4, 0.5) is 0 Å². The molecule has 0 aromatic rings. The molecule has 11 heavy (non-hydrogen) atoms. The van der Waals surface area contributed by atoms with E-state index in [0.717, 1.165) is 19.5 Å². The highest BCUT2D eigenvalue weighted by atomic mass is 16.3. The maximum absolute atomic E-state index is 9.37. The molecule has 0 saturated heterocycles. The molecule has 0 aromatic carbocycles. The monoisotopic (exact) mass is 159 g/mol. The summed E-state index contributed by atoms with van der Waals surface area (Å²) < 4.78 is 0. The quantitative estimate of drug-likeness (QED) is 0.657. The van der Waals surface area contributed by atoms with E-state index in [1.807, 2.05) is 6.92 Å². The maximum atomic E-state index is 9.37. The summed E-state index contributed by atoms with van der Waals surface area (Å²) in [6.45, 7) is 10.3. The first-order valence-corrected chi connectivity index (χ1v) is 4.53. The summed E-state index contributed by atoms with van der Waals surface area (Å²) >= 11 is 0. The lowest BCUT2D eigenvalue weighted by atomic mass is 10.2. The van der Waals surface area contributed by atoms with Crippen LogP contribution in [-0.2, 0) is 0 Å². The fourth-order valence-electron chi connectivity index (χ4n) is 1.10. The van der Waals surface area contributed by atoms with Crippen LogP contribution in [0, 0.1) is 0 Å². The average molecular weight is 159 g/mol. The van der Waals surface area contributed by atoms with Gasteiger partial charge in [0.1, 0.15) is 0 Å². The van der Waals surface area contributed by atoms with Crippen molar-refractivity contribution >= 4 is 0 Å². The Morgan fingerprint density at radius 1 is 1.27 bits per heavy atom. The number of rotatable bonds is 5. The van der Waals surface area contributed by atoms with Crippen LogP contribution in [0.15, 0.2) is 0 Å². The van der Waals surface area contributed by atoms with Crippen LogP contribution in [0.5, 0.6) is 0 Å².